The predicted octanol–water partition coefficient (Wildman–Crippen LogP) is 3.83. The fourth-order valence-corrected chi connectivity index (χ4v) is 4.71. The Balaban J connectivity index is 1.87. The molecule has 2 aromatic heterocycles. The third kappa shape index (κ3) is 4.79. The van der Waals surface area contributed by atoms with Crippen molar-refractivity contribution >= 4 is 27.1 Å². The van der Waals surface area contributed by atoms with Crippen LogP contribution in [-0.2, 0) is 16.0 Å². The van der Waals surface area contributed by atoms with Crippen molar-refractivity contribution in [2.24, 2.45) is 0 Å². The molecule has 0 amide bonds. The molecule has 8 nitrogen and oxygen atoms in total. The SMILES string of the molecule is C[C@@H](CC(=N)c1cc(C(F)(F)F)nc(C#N)n1)S(=O)(=O)c1ccc(-n2cccn2)cc1Cl. The van der Waals surface area contributed by atoms with Gasteiger partial charge in [0.1, 0.15) is 11.8 Å². The maximum atomic E-state index is 13.0. The molecule has 0 unspecified atom stereocenters. The second kappa shape index (κ2) is 8.68. The lowest BCUT2D eigenvalue weighted by Crippen LogP contribution is -2.23. The first-order chi connectivity index (χ1) is 14.9. The van der Waals surface area contributed by atoms with E-state index >= 15 is 0 Å². The highest BCUT2D eigenvalue weighted by molar-refractivity contribution is 7.92. The largest absolute Gasteiger partial charge is 0.433 e. The van der Waals surface area contributed by atoms with Crippen LogP contribution in [0.2, 0.25) is 5.02 Å². The zero-order valence-electron chi connectivity index (χ0n) is 16.3. The Morgan fingerprint density at radius 3 is 2.59 bits per heavy atom. The van der Waals surface area contributed by atoms with Gasteiger partial charge in [0.05, 0.1) is 32.3 Å². The van der Waals surface area contributed by atoms with Crippen molar-refractivity contribution in [3.63, 3.8) is 0 Å². The van der Waals surface area contributed by atoms with Crippen molar-refractivity contribution in [1.82, 2.24) is 19.7 Å². The molecule has 1 N–H and O–H groups in total. The number of aromatic nitrogens is 4. The summed E-state index contributed by atoms with van der Waals surface area (Å²) in [6, 6.07) is 7.82. The van der Waals surface area contributed by atoms with Gasteiger partial charge in [-0.3, -0.25) is 0 Å². The van der Waals surface area contributed by atoms with Gasteiger partial charge in [-0.25, -0.2) is 23.1 Å². The molecule has 0 aliphatic carbocycles. The molecule has 0 aliphatic heterocycles. The lowest BCUT2D eigenvalue weighted by Gasteiger charge is -2.16. The highest BCUT2D eigenvalue weighted by Gasteiger charge is 2.34. The fourth-order valence-electron chi connectivity index (χ4n) is 2.80. The van der Waals surface area contributed by atoms with Crippen molar-refractivity contribution in [2.75, 3.05) is 0 Å². The van der Waals surface area contributed by atoms with Crippen LogP contribution >= 0.6 is 11.6 Å². The quantitative estimate of drug-likeness (QED) is 0.532. The standard InChI is InChI=1S/C19H14ClF3N6O2S/c1-11(7-14(25)15-9-17(19(21,22)23)28-18(10-24)27-15)32(30,31)16-4-3-12(8-13(16)20)29-6-2-5-26-29/h2-6,8-9,11,25H,7H2,1H3/t11-/m0/s1. The normalized spacial score (nSPS) is 12.9. The smallest absolute Gasteiger partial charge is 0.303 e. The number of hydrogen-bond donors (Lipinski definition) is 1. The summed E-state index contributed by atoms with van der Waals surface area (Å²) in [7, 11) is -4.05. The molecular formula is C19H14ClF3N6O2S. The van der Waals surface area contributed by atoms with Gasteiger partial charge >= 0.3 is 6.18 Å². The van der Waals surface area contributed by atoms with E-state index in [1.807, 2.05) is 0 Å². The van der Waals surface area contributed by atoms with Crippen molar-refractivity contribution in [2.45, 2.75) is 29.7 Å². The Hall–Kier alpha value is -3.30. The summed E-state index contributed by atoms with van der Waals surface area (Å²) in [4.78, 5) is 6.50. The predicted molar refractivity (Wildman–Crippen MR) is 108 cm³/mol. The lowest BCUT2D eigenvalue weighted by atomic mass is 10.1. The number of benzene rings is 1. The molecule has 0 fully saturated rings. The van der Waals surface area contributed by atoms with Gasteiger partial charge in [-0.2, -0.15) is 23.5 Å². The molecule has 166 valence electrons. The highest BCUT2D eigenvalue weighted by Crippen LogP contribution is 2.30. The Kier molecular flexibility index (Phi) is 6.34. The lowest BCUT2D eigenvalue weighted by molar-refractivity contribution is -0.141. The Bertz CT molecular complexity index is 1320. The van der Waals surface area contributed by atoms with Gasteiger partial charge in [0.2, 0.25) is 5.82 Å². The van der Waals surface area contributed by atoms with Gasteiger partial charge in [0.25, 0.3) is 0 Å². The van der Waals surface area contributed by atoms with E-state index in [1.165, 1.54) is 35.9 Å². The summed E-state index contributed by atoms with van der Waals surface area (Å²) in [6.07, 6.45) is -2.12. The Labute approximate surface area is 185 Å². The summed E-state index contributed by atoms with van der Waals surface area (Å²) < 4.78 is 66.5. The topological polar surface area (TPSA) is 125 Å². The van der Waals surface area contributed by atoms with E-state index in [1.54, 1.807) is 18.5 Å². The van der Waals surface area contributed by atoms with Crippen LogP contribution in [0.15, 0.2) is 47.6 Å². The number of nitrogens with one attached hydrogen (secondary N) is 1. The zero-order valence-corrected chi connectivity index (χ0v) is 17.9. The van der Waals surface area contributed by atoms with Gasteiger partial charge in [0, 0.05) is 18.8 Å². The molecule has 0 radical (unpaired) electrons. The van der Waals surface area contributed by atoms with Crippen LogP contribution in [0.4, 0.5) is 13.2 Å². The van der Waals surface area contributed by atoms with Gasteiger partial charge in [-0.05, 0) is 37.3 Å². The third-order valence-electron chi connectivity index (χ3n) is 4.44. The molecule has 3 aromatic rings. The summed E-state index contributed by atoms with van der Waals surface area (Å²) in [6.45, 7) is 1.30. The van der Waals surface area contributed by atoms with Gasteiger partial charge in [-0.1, -0.05) is 11.6 Å². The van der Waals surface area contributed by atoms with E-state index in [0.717, 1.165) is 0 Å². The van der Waals surface area contributed by atoms with Crippen LogP contribution in [0.5, 0.6) is 0 Å². The van der Waals surface area contributed by atoms with E-state index in [-0.39, 0.29) is 9.92 Å². The van der Waals surface area contributed by atoms with Gasteiger partial charge in [-0.15, -0.1) is 0 Å². The van der Waals surface area contributed by atoms with Crippen LogP contribution in [-0.4, -0.2) is 39.1 Å². The molecule has 0 saturated heterocycles. The zero-order chi connectivity index (χ0) is 23.7. The maximum absolute atomic E-state index is 13.0. The summed E-state index contributed by atoms with van der Waals surface area (Å²) in [5, 5.41) is 19.7. The second-order valence-corrected chi connectivity index (χ2v) is 9.42. The number of nitrogens with zero attached hydrogens (tertiary/aromatic N) is 5. The number of alkyl halides is 3. The molecular weight excluding hydrogens is 469 g/mol. The number of rotatable bonds is 6. The van der Waals surface area contributed by atoms with Crippen molar-refractivity contribution in [3.05, 3.63) is 65.0 Å². The molecule has 3 rings (SSSR count). The molecule has 13 heteroatoms. The second-order valence-electron chi connectivity index (χ2n) is 6.68. The number of halogens is 4. The van der Waals surface area contributed by atoms with Crippen LogP contribution in [0, 0.1) is 16.7 Å². The first-order valence-electron chi connectivity index (χ1n) is 8.91. The van der Waals surface area contributed by atoms with Crippen LogP contribution in [0.25, 0.3) is 5.69 Å². The molecule has 0 spiro atoms. The molecule has 1 atom stereocenters. The average Bonchev–Trinajstić information content (AvgIpc) is 3.27. The number of nitriles is 1. The summed E-state index contributed by atoms with van der Waals surface area (Å²) >= 11 is 6.18. The van der Waals surface area contributed by atoms with E-state index < -0.39 is 50.6 Å². The Morgan fingerprint density at radius 1 is 1.31 bits per heavy atom. The third-order valence-corrected chi connectivity index (χ3v) is 7.06. The summed E-state index contributed by atoms with van der Waals surface area (Å²) in [5.41, 5.74) is -1.83. The van der Waals surface area contributed by atoms with E-state index in [0.29, 0.717) is 11.8 Å². The summed E-state index contributed by atoms with van der Waals surface area (Å²) in [5.74, 6) is -0.771. The maximum Gasteiger partial charge on any atom is 0.433 e. The van der Waals surface area contributed by atoms with Crippen molar-refractivity contribution in [3.8, 4) is 11.8 Å². The number of sulfone groups is 1. The van der Waals surface area contributed by atoms with Crippen molar-refractivity contribution < 1.29 is 21.6 Å². The average molecular weight is 483 g/mol. The molecule has 0 bridgehead atoms. The van der Waals surface area contributed by atoms with Crippen LogP contribution < -0.4 is 0 Å². The van der Waals surface area contributed by atoms with Crippen molar-refractivity contribution in [1.29, 1.82) is 10.7 Å². The molecule has 32 heavy (non-hydrogen) atoms. The molecule has 0 aliphatic rings. The molecule has 0 saturated carbocycles. The van der Waals surface area contributed by atoms with E-state index in [4.69, 9.17) is 22.3 Å². The first kappa shape index (κ1) is 23.4. The monoisotopic (exact) mass is 482 g/mol. The minimum atomic E-state index is -4.86. The Morgan fingerprint density at radius 2 is 2.03 bits per heavy atom. The minimum absolute atomic E-state index is 0.0652. The number of hydrogen-bond acceptors (Lipinski definition) is 7. The molecule has 1 aromatic carbocycles. The first-order valence-corrected chi connectivity index (χ1v) is 10.8. The van der Waals surface area contributed by atoms with Gasteiger partial charge < -0.3 is 5.41 Å². The van der Waals surface area contributed by atoms with Crippen LogP contribution in [0.1, 0.15) is 30.6 Å². The fraction of sp³-hybridized carbons (Fsp3) is 0.211. The van der Waals surface area contributed by atoms with Crippen LogP contribution in [0.3, 0.4) is 0 Å². The van der Waals surface area contributed by atoms with E-state index in [9.17, 15) is 21.6 Å². The van der Waals surface area contributed by atoms with E-state index in [2.05, 4.69) is 15.1 Å². The molecule has 2 heterocycles. The van der Waals surface area contributed by atoms with Gasteiger partial charge in [0.15, 0.2) is 9.84 Å². The minimum Gasteiger partial charge on any atom is -0.303 e. The highest BCUT2D eigenvalue weighted by atomic mass is 35.5.